The van der Waals surface area contributed by atoms with Gasteiger partial charge in [-0.05, 0) is 30.5 Å². The van der Waals surface area contributed by atoms with Gasteiger partial charge in [0.05, 0.1) is 0 Å². The maximum Gasteiger partial charge on any atom is 0.224 e. The molecule has 1 aromatic carbocycles. The van der Waals surface area contributed by atoms with E-state index in [4.69, 9.17) is 0 Å². The van der Waals surface area contributed by atoms with E-state index in [0.29, 0.717) is 6.42 Å². The highest BCUT2D eigenvalue weighted by molar-refractivity contribution is 5.91. The van der Waals surface area contributed by atoms with Crippen molar-refractivity contribution in [2.45, 2.75) is 33.6 Å². The number of carbonyl (C=O) groups is 1. The van der Waals surface area contributed by atoms with Gasteiger partial charge >= 0.3 is 0 Å². The van der Waals surface area contributed by atoms with Crippen molar-refractivity contribution in [2.24, 2.45) is 0 Å². The Bertz CT molecular complexity index is 331. The fraction of sp³-hybridized carbons (Fsp3) is 0.417. The Labute approximate surface area is 85.3 Å². The van der Waals surface area contributed by atoms with Crippen molar-refractivity contribution in [1.82, 2.24) is 0 Å². The minimum atomic E-state index is 0.0670. The zero-order valence-corrected chi connectivity index (χ0v) is 9.05. The van der Waals surface area contributed by atoms with Crippen molar-refractivity contribution >= 4 is 11.6 Å². The minimum absolute atomic E-state index is 0.0670. The molecular weight excluding hydrogens is 174 g/mol. The standard InChI is InChI=1S/C12H17NO/c1-4-10-6-7-11(9(3)8-10)13-12(14)5-2/h6-8H,4-5H2,1-3H3,(H,13,14). The molecule has 76 valence electrons. The maximum atomic E-state index is 11.2. The van der Waals surface area contributed by atoms with Crippen molar-refractivity contribution in [3.8, 4) is 0 Å². The molecule has 0 radical (unpaired) electrons. The first-order chi connectivity index (χ1) is 6.67. The van der Waals surface area contributed by atoms with Crippen molar-refractivity contribution in [1.29, 1.82) is 0 Å². The highest BCUT2D eigenvalue weighted by Gasteiger charge is 2.02. The van der Waals surface area contributed by atoms with Crippen LogP contribution in [0.2, 0.25) is 0 Å². The summed E-state index contributed by atoms with van der Waals surface area (Å²) >= 11 is 0. The molecule has 0 unspecified atom stereocenters. The van der Waals surface area contributed by atoms with E-state index in [1.807, 2.05) is 19.9 Å². The van der Waals surface area contributed by atoms with Gasteiger partial charge in [-0.1, -0.05) is 26.0 Å². The van der Waals surface area contributed by atoms with Gasteiger partial charge in [0.25, 0.3) is 0 Å². The smallest absolute Gasteiger partial charge is 0.224 e. The molecule has 0 saturated heterocycles. The molecule has 2 heteroatoms. The van der Waals surface area contributed by atoms with E-state index < -0.39 is 0 Å². The lowest BCUT2D eigenvalue weighted by Gasteiger charge is -2.08. The Hall–Kier alpha value is -1.31. The first-order valence-corrected chi connectivity index (χ1v) is 5.06. The zero-order valence-electron chi connectivity index (χ0n) is 9.05. The Balaban J connectivity index is 2.83. The van der Waals surface area contributed by atoms with E-state index in [2.05, 4.69) is 24.4 Å². The van der Waals surface area contributed by atoms with Crippen LogP contribution in [0.5, 0.6) is 0 Å². The van der Waals surface area contributed by atoms with Gasteiger partial charge in [0.2, 0.25) is 5.91 Å². The second kappa shape index (κ2) is 4.80. The van der Waals surface area contributed by atoms with Crippen LogP contribution < -0.4 is 5.32 Å². The van der Waals surface area contributed by atoms with E-state index in [9.17, 15) is 4.79 Å². The molecule has 0 bridgehead atoms. The lowest BCUT2D eigenvalue weighted by Crippen LogP contribution is -2.10. The van der Waals surface area contributed by atoms with Gasteiger partial charge in [-0.15, -0.1) is 0 Å². The molecule has 0 spiro atoms. The summed E-state index contributed by atoms with van der Waals surface area (Å²) in [6.45, 7) is 5.99. The van der Waals surface area contributed by atoms with Gasteiger partial charge in [-0.3, -0.25) is 4.79 Å². The van der Waals surface area contributed by atoms with Crippen LogP contribution in [0.3, 0.4) is 0 Å². The highest BCUT2D eigenvalue weighted by atomic mass is 16.1. The van der Waals surface area contributed by atoms with Crippen LogP contribution in [-0.2, 0) is 11.2 Å². The van der Waals surface area contributed by atoms with E-state index in [1.54, 1.807) is 0 Å². The van der Waals surface area contributed by atoms with Gasteiger partial charge in [0.15, 0.2) is 0 Å². The van der Waals surface area contributed by atoms with Crippen molar-refractivity contribution in [3.05, 3.63) is 29.3 Å². The average molecular weight is 191 g/mol. The third kappa shape index (κ3) is 2.59. The zero-order chi connectivity index (χ0) is 10.6. The number of carbonyl (C=O) groups excluding carboxylic acids is 1. The SMILES string of the molecule is CCC(=O)Nc1ccc(CC)cc1C. The highest BCUT2D eigenvalue weighted by Crippen LogP contribution is 2.16. The minimum Gasteiger partial charge on any atom is -0.326 e. The number of hydrogen-bond donors (Lipinski definition) is 1. The Kier molecular flexibility index (Phi) is 3.69. The van der Waals surface area contributed by atoms with Gasteiger partial charge < -0.3 is 5.32 Å². The van der Waals surface area contributed by atoms with Crippen LogP contribution in [0.15, 0.2) is 18.2 Å². The van der Waals surface area contributed by atoms with Crippen LogP contribution in [0, 0.1) is 6.92 Å². The van der Waals surface area contributed by atoms with Crippen LogP contribution in [0.25, 0.3) is 0 Å². The number of rotatable bonds is 3. The Morgan fingerprint density at radius 3 is 2.57 bits per heavy atom. The van der Waals surface area contributed by atoms with Crippen LogP contribution in [0.1, 0.15) is 31.4 Å². The summed E-state index contributed by atoms with van der Waals surface area (Å²) in [6, 6.07) is 6.14. The molecule has 0 aliphatic heterocycles. The normalized spacial score (nSPS) is 9.93. The van der Waals surface area contributed by atoms with E-state index in [1.165, 1.54) is 5.56 Å². The predicted molar refractivity (Wildman–Crippen MR) is 59.5 cm³/mol. The molecule has 0 aliphatic carbocycles. The van der Waals surface area contributed by atoms with Crippen molar-refractivity contribution < 1.29 is 4.79 Å². The molecule has 0 heterocycles. The fourth-order valence-corrected chi connectivity index (χ4v) is 1.32. The first kappa shape index (κ1) is 10.8. The maximum absolute atomic E-state index is 11.2. The fourth-order valence-electron chi connectivity index (χ4n) is 1.32. The van der Waals surface area contributed by atoms with Crippen LogP contribution in [-0.4, -0.2) is 5.91 Å². The molecule has 1 N–H and O–H groups in total. The summed E-state index contributed by atoms with van der Waals surface area (Å²) in [5, 5.41) is 2.87. The average Bonchev–Trinajstić information content (AvgIpc) is 2.20. The molecule has 0 atom stereocenters. The summed E-state index contributed by atoms with van der Waals surface area (Å²) < 4.78 is 0. The lowest BCUT2D eigenvalue weighted by molar-refractivity contribution is -0.115. The summed E-state index contributed by atoms with van der Waals surface area (Å²) in [5.41, 5.74) is 3.36. The molecule has 0 fully saturated rings. The topological polar surface area (TPSA) is 29.1 Å². The number of amides is 1. The van der Waals surface area contributed by atoms with Gasteiger partial charge in [-0.25, -0.2) is 0 Å². The lowest BCUT2D eigenvalue weighted by atomic mass is 10.1. The van der Waals surface area contributed by atoms with Gasteiger partial charge in [-0.2, -0.15) is 0 Å². The van der Waals surface area contributed by atoms with Crippen LogP contribution >= 0.6 is 0 Å². The van der Waals surface area contributed by atoms with E-state index in [-0.39, 0.29) is 5.91 Å². The summed E-state index contributed by atoms with van der Waals surface area (Å²) in [7, 11) is 0. The Morgan fingerprint density at radius 2 is 2.07 bits per heavy atom. The molecule has 1 aromatic rings. The molecule has 0 aromatic heterocycles. The molecule has 0 saturated carbocycles. The number of nitrogens with one attached hydrogen (secondary N) is 1. The summed E-state index contributed by atoms with van der Waals surface area (Å²) in [6.07, 6.45) is 1.55. The van der Waals surface area contributed by atoms with Crippen molar-refractivity contribution in [3.63, 3.8) is 0 Å². The third-order valence-electron chi connectivity index (χ3n) is 2.29. The second-order valence-electron chi connectivity index (χ2n) is 3.40. The van der Waals surface area contributed by atoms with Crippen molar-refractivity contribution in [2.75, 3.05) is 5.32 Å². The monoisotopic (exact) mass is 191 g/mol. The number of benzene rings is 1. The van der Waals surface area contributed by atoms with E-state index >= 15 is 0 Å². The van der Waals surface area contributed by atoms with Gasteiger partial charge in [0.1, 0.15) is 0 Å². The summed E-state index contributed by atoms with van der Waals surface area (Å²) in [5.74, 6) is 0.0670. The largest absolute Gasteiger partial charge is 0.326 e. The Morgan fingerprint density at radius 1 is 1.36 bits per heavy atom. The predicted octanol–water partition coefficient (Wildman–Crippen LogP) is 2.91. The second-order valence-corrected chi connectivity index (χ2v) is 3.40. The molecule has 0 aliphatic rings. The molecule has 14 heavy (non-hydrogen) atoms. The van der Waals surface area contributed by atoms with E-state index in [0.717, 1.165) is 17.7 Å². The third-order valence-corrected chi connectivity index (χ3v) is 2.29. The molecular formula is C12H17NO. The molecule has 1 amide bonds. The summed E-state index contributed by atoms with van der Waals surface area (Å²) in [4.78, 5) is 11.2. The quantitative estimate of drug-likeness (QED) is 0.782. The number of aryl methyl sites for hydroxylation is 2. The molecule has 1 rings (SSSR count). The molecule has 2 nitrogen and oxygen atoms in total. The number of hydrogen-bond acceptors (Lipinski definition) is 1. The van der Waals surface area contributed by atoms with Gasteiger partial charge in [0, 0.05) is 12.1 Å². The number of anilines is 1. The first-order valence-electron chi connectivity index (χ1n) is 5.06. The van der Waals surface area contributed by atoms with Crippen LogP contribution in [0.4, 0.5) is 5.69 Å².